The van der Waals surface area contributed by atoms with Crippen molar-refractivity contribution in [2.75, 3.05) is 7.05 Å². The fraction of sp³-hybridized carbons (Fsp3) is 0.167. The van der Waals surface area contributed by atoms with Gasteiger partial charge in [0.05, 0.1) is 11.9 Å². The molecule has 46 valence electrons. The molecular formula is C6H7N3. The number of rotatable bonds is 1. The van der Waals surface area contributed by atoms with Gasteiger partial charge in [0.1, 0.15) is 0 Å². The van der Waals surface area contributed by atoms with Gasteiger partial charge in [0.2, 0.25) is 0 Å². The Balaban J connectivity index is 2.85. The predicted molar refractivity (Wildman–Crippen MR) is 35.6 cm³/mol. The third-order valence-electron chi connectivity index (χ3n) is 0.845. The Kier molecular flexibility index (Phi) is 1.90. The minimum atomic E-state index is 0.792. The molecule has 3 nitrogen and oxygen atoms in total. The normalized spacial score (nSPS) is 10.3. The fourth-order valence-corrected chi connectivity index (χ4v) is 0.510. The smallest absolute Gasteiger partial charge is 0.0990 e. The predicted octanol–water partition coefficient (Wildman–Crippen LogP) is 0.525. The standard InChI is InChI=1S/C6H7N3/c1-7-4-6-5-8-2-3-9-6/h2-5H,1H3. The molecule has 0 aliphatic carbocycles. The minimum Gasteiger partial charge on any atom is -0.294 e. The van der Waals surface area contributed by atoms with Crippen LogP contribution in [-0.2, 0) is 0 Å². The molecule has 0 aliphatic heterocycles. The van der Waals surface area contributed by atoms with Gasteiger partial charge in [0.25, 0.3) is 0 Å². The molecule has 0 amide bonds. The van der Waals surface area contributed by atoms with Gasteiger partial charge in [-0.3, -0.25) is 15.0 Å². The average molecular weight is 121 g/mol. The van der Waals surface area contributed by atoms with E-state index in [1.165, 1.54) is 0 Å². The van der Waals surface area contributed by atoms with E-state index in [9.17, 15) is 0 Å². The Bertz CT molecular complexity index is 193. The molecule has 0 atom stereocenters. The maximum atomic E-state index is 3.96. The first-order valence-electron chi connectivity index (χ1n) is 2.61. The molecule has 3 heteroatoms. The molecule has 1 heterocycles. The molecule has 0 spiro atoms. The van der Waals surface area contributed by atoms with Gasteiger partial charge in [-0.25, -0.2) is 0 Å². The van der Waals surface area contributed by atoms with Gasteiger partial charge in [-0.2, -0.15) is 0 Å². The van der Waals surface area contributed by atoms with Crippen LogP contribution in [0.1, 0.15) is 5.69 Å². The molecule has 0 aliphatic rings. The van der Waals surface area contributed by atoms with Crippen LogP contribution in [-0.4, -0.2) is 23.2 Å². The van der Waals surface area contributed by atoms with E-state index in [2.05, 4.69) is 15.0 Å². The highest BCUT2D eigenvalue weighted by molar-refractivity contribution is 5.75. The summed E-state index contributed by atoms with van der Waals surface area (Å²) in [6, 6.07) is 0. The molecule has 0 saturated carbocycles. The Labute approximate surface area is 53.5 Å². The SMILES string of the molecule is CN=Cc1cnccn1. The van der Waals surface area contributed by atoms with E-state index in [1.807, 2.05) is 0 Å². The first kappa shape index (κ1) is 5.88. The summed E-state index contributed by atoms with van der Waals surface area (Å²) in [5.41, 5.74) is 0.792. The van der Waals surface area contributed by atoms with Crippen molar-refractivity contribution in [1.29, 1.82) is 0 Å². The van der Waals surface area contributed by atoms with Crippen LogP contribution in [0.25, 0.3) is 0 Å². The molecule has 0 N–H and O–H groups in total. The number of aliphatic imine (C=N–C) groups is 1. The van der Waals surface area contributed by atoms with Crippen LogP contribution < -0.4 is 0 Å². The van der Waals surface area contributed by atoms with Crippen LogP contribution in [0.2, 0.25) is 0 Å². The van der Waals surface area contributed by atoms with Crippen LogP contribution in [0.15, 0.2) is 23.6 Å². The summed E-state index contributed by atoms with van der Waals surface area (Å²) in [6.07, 6.45) is 6.59. The van der Waals surface area contributed by atoms with Gasteiger partial charge in [0.15, 0.2) is 0 Å². The lowest BCUT2D eigenvalue weighted by Gasteiger charge is -1.84. The van der Waals surface area contributed by atoms with E-state index in [4.69, 9.17) is 0 Å². The topological polar surface area (TPSA) is 38.1 Å². The Morgan fingerprint density at radius 2 is 2.44 bits per heavy atom. The van der Waals surface area contributed by atoms with E-state index < -0.39 is 0 Å². The first-order chi connectivity index (χ1) is 4.43. The third kappa shape index (κ3) is 1.60. The molecule has 1 aromatic heterocycles. The van der Waals surface area contributed by atoms with E-state index >= 15 is 0 Å². The maximum Gasteiger partial charge on any atom is 0.0990 e. The van der Waals surface area contributed by atoms with Crippen molar-refractivity contribution in [2.24, 2.45) is 4.99 Å². The van der Waals surface area contributed by atoms with Gasteiger partial charge >= 0.3 is 0 Å². The molecule has 0 bridgehead atoms. The molecule has 0 radical (unpaired) electrons. The summed E-state index contributed by atoms with van der Waals surface area (Å²) in [4.78, 5) is 11.6. The van der Waals surface area contributed by atoms with Crippen LogP contribution in [0, 0.1) is 0 Å². The highest BCUT2D eigenvalue weighted by atomic mass is 14.8. The number of hydrogen-bond donors (Lipinski definition) is 0. The third-order valence-corrected chi connectivity index (χ3v) is 0.845. The summed E-state index contributed by atoms with van der Waals surface area (Å²) >= 11 is 0. The van der Waals surface area contributed by atoms with E-state index in [-0.39, 0.29) is 0 Å². The highest BCUT2D eigenvalue weighted by Crippen LogP contribution is 1.82. The van der Waals surface area contributed by atoms with Crippen molar-refractivity contribution >= 4 is 6.21 Å². The largest absolute Gasteiger partial charge is 0.294 e. The zero-order valence-corrected chi connectivity index (χ0v) is 5.15. The molecule has 0 saturated heterocycles. The Hall–Kier alpha value is -1.25. The molecule has 0 unspecified atom stereocenters. The second kappa shape index (κ2) is 2.91. The lowest BCUT2D eigenvalue weighted by molar-refractivity contribution is 1.18. The van der Waals surface area contributed by atoms with Crippen LogP contribution in [0.4, 0.5) is 0 Å². The Morgan fingerprint density at radius 1 is 1.56 bits per heavy atom. The zero-order valence-electron chi connectivity index (χ0n) is 5.15. The quantitative estimate of drug-likeness (QED) is 0.508. The summed E-state index contributed by atoms with van der Waals surface area (Å²) in [6.45, 7) is 0. The van der Waals surface area contributed by atoms with Crippen LogP contribution >= 0.6 is 0 Å². The number of hydrogen-bond acceptors (Lipinski definition) is 3. The molecule has 0 fully saturated rings. The molecule has 1 aromatic rings. The minimum absolute atomic E-state index is 0.792. The van der Waals surface area contributed by atoms with E-state index in [0.29, 0.717) is 0 Å². The second-order valence-corrected chi connectivity index (χ2v) is 1.52. The van der Waals surface area contributed by atoms with Crippen molar-refractivity contribution in [3.05, 3.63) is 24.3 Å². The van der Waals surface area contributed by atoms with Crippen molar-refractivity contribution < 1.29 is 0 Å². The highest BCUT2D eigenvalue weighted by Gasteiger charge is 1.81. The van der Waals surface area contributed by atoms with Gasteiger partial charge in [-0.1, -0.05) is 0 Å². The lowest BCUT2D eigenvalue weighted by Crippen LogP contribution is -1.85. The van der Waals surface area contributed by atoms with Gasteiger partial charge in [0, 0.05) is 25.7 Å². The van der Waals surface area contributed by atoms with Crippen molar-refractivity contribution in [2.45, 2.75) is 0 Å². The Morgan fingerprint density at radius 3 is 3.00 bits per heavy atom. The molecule has 0 aromatic carbocycles. The van der Waals surface area contributed by atoms with Crippen molar-refractivity contribution in [3.63, 3.8) is 0 Å². The van der Waals surface area contributed by atoms with Crippen LogP contribution in [0.5, 0.6) is 0 Å². The fourth-order valence-electron chi connectivity index (χ4n) is 0.510. The summed E-state index contributed by atoms with van der Waals surface area (Å²) in [7, 11) is 1.70. The van der Waals surface area contributed by atoms with E-state index in [0.717, 1.165) is 5.69 Å². The van der Waals surface area contributed by atoms with Gasteiger partial charge in [-0.15, -0.1) is 0 Å². The van der Waals surface area contributed by atoms with Crippen molar-refractivity contribution in [1.82, 2.24) is 9.97 Å². The monoisotopic (exact) mass is 121 g/mol. The summed E-state index contributed by atoms with van der Waals surface area (Å²) in [5, 5.41) is 0. The zero-order chi connectivity index (χ0) is 6.53. The number of nitrogens with zero attached hydrogens (tertiary/aromatic N) is 3. The maximum absolute atomic E-state index is 3.96. The molecule has 9 heavy (non-hydrogen) atoms. The second-order valence-electron chi connectivity index (χ2n) is 1.52. The summed E-state index contributed by atoms with van der Waals surface area (Å²) in [5.74, 6) is 0. The van der Waals surface area contributed by atoms with Gasteiger partial charge < -0.3 is 0 Å². The lowest BCUT2D eigenvalue weighted by atomic mass is 10.5. The molecule has 1 rings (SSSR count). The summed E-state index contributed by atoms with van der Waals surface area (Å²) < 4.78 is 0. The van der Waals surface area contributed by atoms with E-state index in [1.54, 1.807) is 31.9 Å². The number of aromatic nitrogens is 2. The average Bonchev–Trinajstić information content (AvgIpc) is 1.91. The van der Waals surface area contributed by atoms with Crippen molar-refractivity contribution in [3.8, 4) is 0 Å². The molecular weight excluding hydrogens is 114 g/mol. The van der Waals surface area contributed by atoms with Gasteiger partial charge in [-0.05, 0) is 0 Å². The van der Waals surface area contributed by atoms with Crippen LogP contribution in [0.3, 0.4) is 0 Å². The first-order valence-corrected chi connectivity index (χ1v) is 2.61.